The van der Waals surface area contributed by atoms with E-state index in [9.17, 15) is 15.0 Å². The van der Waals surface area contributed by atoms with Crippen LogP contribution in [0.5, 0.6) is 17.4 Å². The summed E-state index contributed by atoms with van der Waals surface area (Å²) in [5.41, 5.74) is 2.85. The molecular formula is C24H26N4O7. The van der Waals surface area contributed by atoms with Gasteiger partial charge in [-0.05, 0) is 29.8 Å². The normalized spacial score (nSPS) is 18.9. The second-order valence-corrected chi connectivity index (χ2v) is 8.24. The van der Waals surface area contributed by atoms with E-state index in [1.54, 1.807) is 37.6 Å². The van der Waals surface area contributed by atoms with Crippen LogP contribution in [-0.2, 0) is 11.3 Å². The average molecular weight is 482 g/mol. The van der Waals surface area contributed by atoms with Crippen molar-refractivity contribution in [3.8, 4) is 17.4 Å². The fourth-order valence-electron chi connectivity index (χ4n) is 4.11. The highest BCUT2D eigenvalue weighted by molar-refractivity contribution is 5.90. The van der Waals surface area contributed by atoms with Crippen molar-refractivity contribution in [2.45, 2.75) is 24.9 Å². The van der Waals surface area contributed by atoms with Crippen LogP contribution >= 0.6 is 0 Å². The Labute approximate surface area is 201 Å². The van der Waals surface area contributed by atoms with E-state index in [1.807, 2.05) is 12.1 Å². The maximum absolute atomic E-state index is 12.5. The SMILES string of the molecule is COc1ccc2nccc(CNC[C@H](O)C(O)[C@H]3CN(c4ccc5c(c4)OCCO5)C(=O)O3)c2n1. The molecule has 2 aromatic heterocycles. The molecule has 5 rings (SSSR count). The fourth-order valence-corrected chi connectivity index (χ4v) is 4.11. The van der Waals surface area contributed by atoms with Gasteiger partial charge < -0.3 is 34.5 Å². The summed E-state index contributed by atoms with van der Waals surface area (Å²) >= 11 is 0. The van der Waals surface area contributed by atoms with Crippen LogP contribution in [0.4, 0.5) is 10.5 Å². The van der Waals surface area contributed by atoms with Crippen LogP contribution in [0.3, 0.4) is 0 Å². The first kappa shape index (κ1) is 23.1. The van der Waals surface area contributed by atoms with Crippen molar-refractivity contribution in [2.24, 2.45) is 0 Å². The van der Waals surface area contributed by atoms with Gasteiger partial charge in [-0.2, -0.15) is 0 Å². The lowest BCUT2D eigenvalue weighted by Gasteiger charge is -2.23. The Hall–Kier alpha value is -3.67. The van der Waals surface area contributed by atoms with Crippen LogP contribution in [0.25, 0.3) is 11.0 Å². The van der Waals surface area contributed by atoms with E-state index < -0.39 is 24.4 Å². The highest BCUT2D eigenvalue weighted by Crippen LogP contribution is 2.35. The molecule has 11 heteroatoms. The molecule has 35 heavy (non-hydrogen) atoms. The molecular weight excluding hydrogens is 456 g/mol. The molecule has 1 aromatic carbocycles. The first-order valence-electron chi connectivity index (χ1n) is 11.3. The quantitative estimate of drug-likeness (QED) is 0.430. The minimum atomic E-state index is -1.28. The number of nitrogens with zero attached hydrogens (tertiary/aromatic N) is 3. The molecule has 0 saturated carbocycles. The van der Waals surface area contributed by atoms with E-state index in [-0.39, 0.29) is 13.1 Å². The Morgan fingerprint density at radius 2 is 2.00 bits per heavy atom. The number of methoxy groups -OCH3 is 1. The largest absolute Gasteiger partial charge is 0.486 e. The number of amides is 1. The number of pyridine rings is 2. The number of fused-ring (bicyclic) bond motifs is 2. The van der Waals surface area contributed by atoms with Crippen LogP contribution in [0.15, 0.2) is 42.6 Å². The summed E-state index contributed by atoms with van der Waals surface area (Å²) < 4.78 is 21.6. The third-order valence-electron chi connectivity index (χ3n) is 5.97. The molecule has 11 nitrogen and oxygen atoms in total. The van der Waals surface area contributed by atoms with E-state index in [2.05, 4.69) is 15.3 Å². The molecule has 4 heterocycles. The molecule has 2 aliphatic rings. The summed E-state index contributed by atoms with van der Waals surface area (Å²) in [6.07, 6.45) is -2.25. The van der Waals surface area contributed by atoms with Crippen LogP contribution in [0.2, 0.25) is 0 Å². The average Bonchev–Trinajstić information content (AvgIpc) is 3.29. The van der Waals surface area contributed by atoms with Gasteiger partial charge in [-0.15, -0.1) is 0 Å². The topological polar surface area (TPSA) is 136 Å². The molecule has 3 aromatic rings. The van der Waals surface area contributed by atoms with Crippen molar-refractivity contribution >= 4 is 22.8 Å². The van der Waals surface area contributed by atoms with Crippen molar-refractivity contribution in [1.82, 2.24) is 15.3 Å². The highest BCUT2D eigenvalue weighted by Gasteiger charge is 2.39. The van der Waals surface area contributed by atoms with Crippen molar-refractivity contribution < 1.29 is 34.0 Å². The number of nitrogens with one attached hydrogen (secondary N) is 1. The van der Waals surface area contributed by atoms with Crippen LogP contribution in [-0.4, -0.2) is 78.0 Å². The molecule has 1 saturated heterocycles. The summed E-state index contributed by atoms with van der Waals surface area (Å²) in [6, 6.07) is 10.5. The summed E-state index contributed by atoms with van der Waals surface area (Å²) in [7, 11) is 1.55. The molecule has 1 amide bonds. The first-order chi connectivity index (χ1) is 17.0. The maximum Gasteiger partial charge on any atom is 0.414 e. The van der Waals surface area contributed by atoms with Crippen molar-refractivity contribution in [3.05, 3.63) is 48.2 Å². The van der Waals surface area contributed by atoms with Crippen LogP contribution in [0.1, 0.15) is 5.56 Å². The van der Waals surface area contributed by atoms with Crippen LogP contribution in [0, 0.1) is 0 Å². The number of aromatic nitrogens is 2. The number of aliphatic hydroxyl groups excluding tert-OH is 2. The molecule has 3 N–H and O–H groups in total. The number of benzene rings is 1. The smallest absolute Gasteiger partial charge is 0.414 e. The number of hydrogen-bond donors (Lipinski definition) is 3. The maximum atomic E-state index is 12.5. The Morgan fingerprint density at radius 1 is 1.17 bits per heavy atom. The van der Waals surface area contributed by atoms with E-state index >= 15 is 0 Å². The van der Waals surface area contributed by atoms with E-state index in [4.69, 9.17) is 18.9 Å². The van der Waals surface area contributed by atoms with Gasteiger partial charge in [0.1, 0.15) is 19.3 Å². The number of cyclic esters (lactones) is 1. The lowest BCUT2D eigenvalue weighted by atomic mass is 10.1. The van der Waals surface area contributed by atoms with Crippen molar-refractivity contribution in [1.29, 1.82) is 0 Å². The number of carbonyl (C=O) groups excluding carboxylic acids is 1. The highest BCUT2D eigenvalue weighted by atomic mass is 16.6. The number of anilines is 1. The Kier molecular flexibility index (Phi) is 6.53. The molecule has 3 atom stereocenters. The minimum Gasteiger partial charge on any atom is -0.486 e. The Bertz CT molecular complexity index is 1220. The molecule has 0 spiro atoms. The van der Waals surface area contributed by atoms with E-state index in [1.165, 1.54) is 4.90 Å². The predicted molar refractivity (Wildman–Crippen MR) is 125 cm³/mol. The van der Waals surface area contributed by atoms with Crippen molar-refractivity contribution in [2.75, 3.05) is 38.3 Å². The molecule has 0 aliphatic carbocycles. The summed E-state index contributed by atoms with van der Waals surface area (Å²) in [4.78, 5) is 22.6. The standard InChI is InChI=1S/C24H26N4O7/c1-32-21-5-3-16-22(27-21)14(6-7-26-16)11-25-12-17(29)23(30)20-13-28(24(31)35-20)15-2-4-18-19(10-15)34-9-8-33-18/h2-7,10,17,20,23,25,29-30H,8-9,11-13H2,1H3/t17-,20+,23?/m0/s1. The van der Waals surface area contributed by atoms with Gasteiger partial charge in [0.05, 0.1) is 36.5 Å². The third-order valence-corrected chi connectivity index (χ3v) is 5.97. The number of ether oxygens (including phenoxy) is 4. The van der Waals surface area contributed by atoms with Crippen LogP contribution < -0.4 is 24.4 Å². The Morgan fingerprint density at radius 3 is 2.83 bits per heavy atom. The second-order valence-electron chi connectivity index (χ2n) is 8.24. The second kappa shape index (κ2) is 9.90. The zero-order chi connectivity index (χ0) is 24.4. The third kappa shape index (κ3) is 4.78. The monoisotopic (exact) mass is 482 g/mol. The molecule has 0 radical (unpaired) electrons. The van der Waals surface area contributed by atoms with E-state index in [0.29, 0.717) is 48.3 Å². The Balaban J connectivity index is 1.19. The number of rotatable bonds is 8. The number of hydrogen-bond acceptors (Lipinski definition) is 10. The molecule has 2 aliphatic heterocycles. The molecule has 0 bridgehead atoms. The van der Waals surface area contributed by atoms with Gasteiger partial charge in [0.15, 0.2) is 17.6 Å². The van der Waals surface area contributed by atoms with Gasteiger partial charge in [0, 0.05) is 31.4 Å². The van der Waals surface area contributed by atoms with Gasteiger partial charge in [-0.3, -0.25) is 9.88 Å². The van der Waals surface area contributed by atoms with Gasteiger partial charge in [0.2, 0.25) is 5.88 Å². The number of carbonyl (C=O) groups is 1. The van der Waals surface area contributed by atoms with Crippen molar-refractivity contribution in [3.63, 3.8) is 0 Å². The fraction of sp³-hybridized carbons (Fsp3) is 0.375. The van der Waals surface area contributed by atoms with Gasteiger partial charge >= 0.3 is 6.09 Å². The summed E-state index contributed by atoms with van der Waals surface area (Å²) in [6.45, 7) is 1.46. The van der Waals surface area contributed by atoms with E-state index in [0.717, 1.165) is 11.1 Å². The van der Waals surface area contributed by atoms with Gasteiger partial charge in [-0.25, -0.2) is 9.78 Å². The lowest BCUT2D eigenvalue weighted by molar-refractivity contribution is -0.0460. The molecule has 1 unspecified atom stereocenters. The molecule has 1 fully saturated rings. The lowest BCUT2D eigenvalue weighted by Crippen LogP contribution is -2.44. The zero-order valence-corrected chi connectivity index (χ0v) is 19.1. The predicted octanol–water partition coefficient (Wildman–Crippen LogP) is 1.25. The molecule has 184 valence electrons. The summed E-state index contributed by atoms with van der Waals surface area (Å²) in [5, 5.41) is 24.3. The summed E-state index contributed by atoms with van der Waals surface area (Å²) in [5.74, 6) is 1.64. The first-order valence-corrected chi connectivity index (χ1v) is 11.3. The minimum absolute atomic E-state index is 0.0764. The number of aliphatic hydroxyl groups is 2. The zero-order valence-electron chi connectivity index (χ0n) is 19.1. The van der Waals surface area contributed by atoms with Gasteiger partial charge in [-0.1, -0.05) is 0 Å². The van der Waals surface area contributed by atoms with Gasteiger partial charge in [0.25, 0.3) is 0 Å².